The summed E-state index contributed by atoms with van der Waals surface area (Å²) in [6, 6.07) is 0.253. The summed E-state index contributed by atoms with van der Waals surface area (Å²) in [5.74, 6) is -0.00441. The van der Waals surface area contributed by atoms with E-state index in [9.17, 15) is 4.39 Å². The highest BCUT2D eigenvalue weighted by Gasteiger charge is 2.17. The van der Waals surface area contributed by atoms with Gasteiger partial charge in [0.1, 0.15) is 6.33 Å². The molecule has 0 saturated carbocycles. The van der Waals surface area contributed by atoms with Crippen molar-refractivity contribution >= 4 is 5.82 Å². The maximum atomic E-state index is 13.8. The van der Waals surface area contributed by atoms with Crippen LogP contribution in [0.15, 0.2) is 6.33 Å². The molecule has 0 atom stereocenters. The Morgan fingerprint density at radius 1 is 1.44 bits per heavy atom. The predicted octanol–water partition coefficient (Wildman–Crippen LogP) is 1.77. The van der Waals surface area contributed by atoms with Gasteiger partial charge < -0.3 is 10.1 Å². The van der Waals surface area contributed by atoms with Crippen molar-refractivity contribution in [3.63, 3.8) is 0 Å². The van der Waals surface area contributed by atoms with Crippen LogP contribution >= 0.6 is 0 Å². The Morgan fingerprint density at radius 2 is 2.19 bits per heavy atom. The van der Waals surface area contributed by atoms with Gasteiger partial charge in [0.05, 0.1) is 5.69 Å². The molecule has 1 fully saturated rings. The smallest absolute Gasteiger partial charge is 0.186 e. The lowest BCUT2D eigenvalue weighted by molar-refractivity contribution is 0.0903. The Kier molecular flexibility index (Phi) is 3.66. The van der Waals surface area contributed by atoms with Crippen molar-refractivity contribution in [2.45, 2.75) is 32.2 Å². The molecule has 1 aliphatic rings. The van der Waals surface area contributed by atoms with Gasteiger partial charge >= 0.3 is 0 Å². The molecule has 0 radical (unpaired) electrons. The molecule has 5 heteroatoms. The van der Waals surface area contributed by atoms with E-state index in [1.807, 2.05) is 6.92 Å². The zero-order valence-electron chi connectivity index (χ0n) is 9.37. The molecule has 0 aliphatic carbocycles. The molecule has 1 aromatic rings. The minimum Gasteiger partial charge on any atom is -0.381 e. The second kappa shape index (κ2) is 5.21. The van der Waals surface area contributed by atoms with E-state index in [2.05, 4.69) is 15.3 Å². The highest BCUT2D eigenvalue weighted by molar-refractivity contribution is 5.38. The minimum absolute atomic E-state index is 0.253. The summed E-state index contributed by atoms with van der Waals surface area (Å²) < 4.78 is 19.1. The summed E-state index contributed by atoms with van der Waals surface area (Å²) in [4.78, 5) is 7.84. The van der Waals surface area contributed by atoms with Gasteiger partial charge in [0.2, 0.25) is 0 Å². The Labute approximate surface area is 94.2 Å². The van der Waals surface area contributed by atoms with Crippen LogP contribution in [-0.2, 0) is 11.2 Å². The van der Waals surface area contributed by atoms with E-state index < -0.39 is 0 Å². The number of nitrogens with one attached hydrogen (secondary N) is 1. The number of rotatable bonds is 3. The highest BCUT2D eigenvalue weighted by Crippen LogP contribution is 2.17. The van der Waals surface area contributed by atoms with Crippen LogP contribution in [0.25, 0.3) is 0 Å². The lowest BCUT2D eigenvalue weighted by Crippen LogP contribution is -2.28. The SMILES string of the molecule is CCc1ncnc(NC2CCOCC2)c1F. The Balaban J connectivity index is 2.08. The maximum absolute atomic E-state index is 13.8. The van der Waals surface area contributed by atoms with Gasteiger partial charge in [-0.1, -0.05) is 6.92 Å². The van der Waals surface area contributed by atoms with Crippen LogP contribution in [-0.4, -0.2) is 29.2 Å². The Hall–Kier alpha value is -1.23. The first kappa shape index (κ1) is 11.3. The standard InChI is InChI=1S/C11H16FN3O/c1-2-9-10(12)11(14-7-13-9)15-8-3-5-16-6-4-8/h7-8H,2-6H2,1H3,(H,13,14,15). The number of hydrogen-bond donors (Lipinski definition) is 1. The van der Waals surface area contributed by atoms with Crippen molar-refractivity contribution in [1.29, 1.82) is 0 Å². The van der Waals surface area contributed by atoms with Gasteiger partial charge in [-0.3, -0.25) is 0 Å². The van der Waals surface area contributed by atoms with Gasteiger partial charge in [-0.2, -0.15) is 0 Å². The van der Waals surface area contributed by atoms with Gasteiger partial charge in [0.15, 0.2) is 11.6 Å². The number of ether oxygens (including phenoxy) is 1. The van der Waals surface area contributed by atoms with Crippen molar-refractivity contribution in [1.82, 2.24) is 9.97 Å². The molecule has 2 rings (SSSR count). The molecule has 0 spiro atoms. The number of halogens is 1. The van der Waals surface area contributed by atoms with Gasteiger partial charge in [-0.15, -0.1) is 0 Å². The van der Waals surface area contributed by atoms with Crippen LogP contribution in [0.1, 0.15) is 25.5 Å². The number of hydrogen-bond acceptors (Lipinski definition) is 4. The summed E-state index contributed by atoms with van der Waals surface area (Å²) in [6.07, 6.45) is 3.77. The van der Waals surface area contributed by atoms with E-state index in [1.165, 1.54) is 6.33 Å². The lowest BCUT2D eigenvalue weighted by atomic mass is 10.1. The second-order valence-electron chi connectivity index (χ2n) is 3.87. The molecule has 2 heterocycles. The fraction of sp³-hybridized carbons (Fsp3) is 0.636. The summed E-state index contributed by atoms with van der Waals surface area (Å²) in [6.45, 7) is 3.33. The molecule has 0 unspecified atom stereocenters. The third kappa shape index (κ3) is 2.47. The zero-order valence-corrected chi connectivity index (χ0v) is 9.37. The predicted molar refractivity (Wildman–Crippen MR) is 58.8 cm³/mol. The summed E-state index contributed by atoms with van der Waals surface area (Å²) in [5.41, 5.74) is 0.463. The van der Waals surface area contributed by atoms with Gasteiger partial charge in [0, 0.05) is 19.3 Å². The summed E-state index contributed by atoms with van der Waals surface area (Å²) >= 11 is 0. The molecular formula is C11H16FN3O. The molecule has 1 aliphatic heterocycles. The molecule has 88 valence electrons. The van der Waals surface area contributed by atoms with E-state index in [0.717, 1.165) is 26.1 Å². The average Bonchev–Trinajstić information content (AvgIpc) is 2.33. The van der Waals surface area contributed by atoms with Crippen LogP contribution in [0.2, 0.25) is 0 Å². The molecule has 0 aromatic carbocycles. The van der Waals surface area contributed by atoms with Gasteiger partial charge in [-0.05, 0) is 19.3 Å². The highest BCUT2D eigenvalue weighted by atomic mass is 19.1. The van der Waals surface area contributed by atoms with E-state index in [0.29, 0.717) is 17.9 Å². The largest absolute Gasteiger partial charge is 0.381 e. The molecular weight excluding hydrogens is 209 g/mol. The van der Waals surface area contributed by atoms with Crippen LogP contribution in [0, 0.1) is 5.82 Å². The molecule has 16 heavy (non-hydrogen) atoms. The number of aromatic nitrogens is 2. The monoisotopic (exact) mass is 225 g/mol. The maximum Gasteiger partial charge on any atom is 0.186 e. The quantitative estimate of drug-likeness (QED) is 0.851. The van der Waals surface area contributed by atoms with Crippen molar-refractivity contribution in [3.8, 4) is 0 Å². The van der Waals surface area contributed by atoms with Gasteiger partial charge in [-0.25, -0.2) is 14.4 Å². The zero-order chi connectivity index (χ0) is 11.4. The van der Waals surface area contributed by atoms with E-state index in [1.54, 1.807) is 0 Å². The first-order valence-corrected chi connectivity index (χ1v) is 5.65. The van der Waals surface area contributed by atoms with Crippen molar-refractivity contribution < 1.29 is 9.13 Å². The van der Waals surface area contributed by atoms with Gasteiger partial charge in [0.25, 0.3) is 0 Å². The average molecular weight is 225 g/mol. The molecule has 4 nitrogen and oxygen atoms in total. The number of anilines is 1. The topological polar surface area (TPSA) is 47.0 Å². The molecule has 0 bridgehead atoms. The Bertz CT molecular complexity index is 353. The summed E-state index contributed by atoms with van der Waals surface area (Å²) in [7, 11) is 0. The van der Waals surface area contributed by atoms with E-state index in [4.69, 9.17) is 4.74 Å². The molecule has 0 amide bonds. The van der Waals surface area contributed by atoms with Crippen LogP contribution in [0.3, 0.4) is 0 Å². The van der Waals surface area contributed by atoms with E-state index in [-0.39, 0.29) is 11.9 Å². The molecule has 1 saturated heterocycles. The Morgan fingerprint density at radius 3 is 2.88 bits per heavy atom. The lowest BCUT2D eigenvalue weighted by Gasteiger charge is -2.23. The van der Waals surface area contributed by atoms with Crippen LogP contribution in [0.4, 0.5) is 10.2 Å². The fourth-order valence-electron chi connectivity index (χ4n) is 1.79. The molecule has 1 aromatic heterocycles. The number of aryl methyl sites for hydroxylation is 1. The third-order valence-electron chi connectivity index (χ3n) is 2.76. The number of nitrogens with zero attached hydrogens (tertiary/aromatic N) is 2. The second-order valence-corrected chi connectivity index (χ2v) is 3.87. The first-order chi connectivity index (χ1) is 7.81. The third-order valence-corrected chi connectivity index (χ3v) is 2.76. The van der Waals surface area contributed by atoms with Crippen LogP contribution < -0.4 is 5.32 Å². The normalized spacial score (nSPS) is 17.4. The minimum atomic E-state index is -0.323. The molecule has 1 N–H and O–H groups in total. The summed E-state index contributed by atoms with van der Waals surface area (Å²) in [5, 5.41) is 3.12. The van der Waals surface area contributed by atoms with Crippen LogP contribution in [0.5, 0.6) is 0 Å². The first-order valence-electron chi connectivity index (χ1n) is 5.65. The van der Waals surface area contributed by atoms with Crippen molar-refractivity contribution in [2.75, 3.05) is 18.5 Å². The fourth-order valence-corrected chi connectivity index (χ4v) is 1.79. The van der Waals surface area contributed by atoms with Crippen molar-refractivity contribution in [2.24, 2.45) is 0 Å². The van der Waals surface area contributed by atoms with Crippen molar-refractivity contribution in [3.05, 3.63) is 17.8 Å². The van der Waals surface area contributed by atoms with E-state index >= 15 is 0 Å².